The molecular weight excluding hydrogens is 516 g/mol. The smallest absolute Gasteiger partial charge is 0.187 e. The average molecular weight is 543 g/mol. The van der Waals surface area contributed by atoms with E-state index >= 15 is 0 Å². The van der Waals surface area contributed by atoms with Crippen LogP contribution in [0.4, 0.5) is 0 Å². The summed E-state index contributed by atoms with van der Waals surface area (Å²) >= 11 is 0. The number of carbonyl (C=O) groups excluding carboxylic acids is 3. The van der Waals surface area contributed by atoms with E-state index in [9.17, 15) is 14.4 Å². The largest absolute Gasteiger partial charge is 0.493 e. The molecule has 0 unspecified atom stereocenters. The summed E-state index contributed by atoms with van der Waals surface area (Å²) in [6.45, 7) is 0. The number of hydrogen-bond acceptors (Lipinski definition) is 7. The van der Waals surface area contributed by atoms with Gasteiger partial charge in [0.05, 0.1) is 26.5 Å². The SMILES string of the molecule is COc1cccc([C@H]2[C@H](C(=O)c3ccccc3)N3N=Cc4ccccc4[C@H]3C23C(=O)c2ccccc2C3=O)c1OC. The molecule has 7 nitrogen and oxygen atoms in total. The number of carbonyl (C=O) groups is 3. The Bertz CT molecular complexity index is 1730. The number of hydrogen-bond donors (Lipinski definition) is 0. The predicted octanol–water partition coefficient (Wildman–Crippen LogP) is 5.51. The first kappa shape index (κ1) is 25.0. The van der Waals surface area contributed by atoms with Crippen LogP contribution >= 0.6 is 0 Å². The van der Waals surface area contributed by atoms with Crippen LogP contribution in [0.3, 0.4) is 0 Å². The van der Waals surface area contributed by atoms with E-state index in [1.54, 1.807) is 71.9 Å². The van der Waals surface area contributed by atoms with Gasteiger partial charge in [0.25, 0.3) is 0 Å². The van der Waals surface area contributed by atoms with Crippen LogP contribution < -0.4 is 9.47 Å². The van der Waals surface area contributed by atoms with Gasteiger partial charge in [0, 0.05) is 28.2 Å². The molecule has 3 atom stereocenters. The van der Waals surface area contributed by atoms with Gasteiger partial charge in [-0.3, -0.25) is 19.4 Å². The molecule has 2 heterocycles. The standard InChI is InChI=1S/C34H26N2O5/c1-40-26-18-10-17-25(30(26)41-2)27-28(29(37)20-11-4-3-5-12-20)36-31(22-14-7-6-13-21(22)19-35-36)34(27)32(38)23-15-8-9-16-24(23)33(34)39/h3-19,27-28,31H,1-2H3/t27-,28+,31-/m0/s1. The molecule has 2 aliphatic heterocycles. The lowest BCUT2D eigenvalue weighted by Crippen LogP contribution is -2.44. The fourth-order valence-corrected chi connectivity index (χ4v) is 7.05. The van der Waals surface area contributed by atoms with Crippen molar-refractivity contribution in [2.75, 3.05) is 14.2 Å². The summed E-state index contributed by atoms with van der Waals surface area (Å²) in [5.74, 6) is -1.01. The molecule has 3 aliphatic rings. The Balaban J connectivity index is 1.59. The number of ether oxygens (including phenoxy) is 2. The first-order valence-electron chi connectivity index (χ1n) is 13.4. The highest BCUT2D eigenvalue weighted by Gasteiger charge is 2.73. The number of para-hydroxylation sites is 1. The van der Waals surface area contributed by atoms with Crippen LogP contribution in [0.25, 0.3) is 0 Å². The average Bonchev–Trinajstić information content (AvgIpc) is 3.46. The first-order valence-corrected chi connectivity index (χ1v) is 13.4. The molecule has 202 valence electrons. The van der Waals surface area contributed by atoms with Crippen LogP contribution in [0.2, 0.25) is 0 Å². The maximum atomic E-state index is 14.9. The van der Waals surface area contributed by atoms with Gasteiger partial charge in [-0.1, -0.05) is 91.0 Å². The van der Waals surface area contributed by atoms with Gasteiger partial charge in [0.15, 0.2) is 28.8 Å². The van der Waals surface area contributed by atoms with E-state index in [1.807, 2.05) is 36.4 Å². The molecule has 0 aromatic heterocycles. The Morgan fingerprint density at radius 1 is 0.756 bits per heavy atom. The molecular formula is C34H26N2O5. The van der Waals surface area contributed by atoms with Crippen molar-refractivity contribution in [2.45, 2.75) is 18.0 Å². The third-order valence-electron chi connectivity index (χ3n) is 8.67. The van der Waals surface area contributed by atoms with Crippen LogP contribution in [-0.2, 0) is 0 Å². The van der Waals surface area contributed by atoms with Crippen molar-refractivity contribution in [1.29, 1.82) is 0 Å². The maximum Gasteiger partial charge on any atom is 0.187 e. The van der Waals surface area contributed by atoms with Gasteiger partial charge in [-0.25, -0.2) is 0 Å². The molecule has 7 rings (SSSR count). The lowest BCUT2D eigenvalue weighted by atomic mass is 9.62. The highest BCUT2D eigenvalue weighted by molar-refractivity contribution is 6.31. The maximum absolute atomic E-state index is 14.9. The van der Waals surface area contributed by atoms with Gasteiger partial charge in [-0.15, -0.1) is 0 Å². The van der Waals surface area contributed by atoms with Crippen LogP contribution in [0.1, 0.15) is 59.7 Å². The minimum Gasteiger partial charge on any atom is -0.493 e. The zero-order valence-corrected chi connectivity index (χ0v) is 22.5. The Hall–Kier alpha value is -5.04. The molecule has 4 aromatic carbocycles. The molecule has 0 radical (unpaired) electrons. The second-order valence-electron chi connectivity index (χ2n) is 10.5. The first-order chi connectivity index (χ1) is 20.0. The van der Waals surface area contributed by atoms with Crippen molar-refractivity contribution >= 4 is 23.6 Å². The zero-order chi connectivity index (χ0) is 28.3. The molecule has 0 amide bonds. The van der Waals surface area contributed by atoms with E-state index in [0.717, 1.165) is 11.1 Å². The van der Waals surface area contributed by atoms with Crippen molar-refractivity contribution in [3.63, 3.8) is 0 Å². The van der Waals surface area contributed by atoms with E-state index < -0.39 is 23.4 Å². The fraction of sp³-hybridized carbons (Fsp3) is 0.176. The normalized spacial score (nSPS) is 21.4. The summed E-state index contributed by atoms with van der Waals surface area (Å²) in [4.78, 5) is 44.3. The van der Waals surface area contributed by atoms with Gasteiger partial charge < -0.3 is 9.47 Å². The molecule has 0 saturated carbocycles. The highest BCUT2D eigenvalue weighted by Crippen LogP contribution is 2.66. The summed E-state index contributed by atoms with van der Waals surface area (Å²) < 4.78 is 11.5. The number of hydrazone groups is 1. The van der Waals surface area contributed by atoms with Gasteiger partial charge in [-0.05, 0) is 17.2 Å². The summed E-state index contributed by atoms with van der Waals surface area (Å²) in [6.07, 6.45) is 1.70. The van der Waals surface area contributed by atoms with Crippen molar-refractivity contribution in [1.82, 2.24) is 5.01 Å². The Morgan fingerprint density at radius 2 is 1.39 bits per heavy atom. The summed E-state index contributed by atoms with van der Waals surface area (Å²) in [6, 6.07) is 27.0. The van der Waals surface area contributed by atoms with Crippen LogP contribution in [0, 0.1) is 5.41 Å². The second-order valence-corrected chi connectivity index (χ2v) is 10.5. The Kier molecular flexibility index (Phi) is 5.64. The van der Waals surface area contributed by atoms with Crippen molar-refractivity contribution in [3.8, 4) is 11.5 Å². The third-order valence-corrected chi connectivity index (χ3v) is 8.67. The van der Waals surface area contributed by atoms with Crippen molar-refractivity contribution in [2.24, 2.45) is 10.5 Å². The van der Waals surface area contributed by atoms with Gasteiger partial charge in [-0.2, -0.15) is 5.10 Å². The summed E-state index contributed by atoms with van der Waals surface area (Å²) in [7, 11) is 3.05. The molecule has 1 fully saturated rings. The zero-order valence-electron chi connectivity index (χ0n) is 22.5. The molecule has 1 spiro atoms. The highest BCUT2D eigenvalue weighted by atomic mass is 16.5. The Morgan fingerprint density at radius 3 is 2.07 bits per heavy atom. The molecule has 41 heavy (non-hydrogen) atoms. The number of nitrogens with zero attached hydrogens (tertiary/aromatic N) is 2. The monoisotopic (exact) mass is 542 g/mol. The van der Waals surface area contributed by atoms with E-state index in [1.165, 1.54) is 14.2 Å². The molecule has 0 N–H and O–H groups in total. The Labute approximate surface area is 237 Å². The number of Topliss-reactive ketones (excluding diaryl/α,β-unsaturated/α-hetero) is 3. The van der Waals surface area contributed by atoms with Crippen LogP contribution in [0.5, 0.6) is 11.5 Å². The summed E-state index contributed by atoms with van der Waals surface area (Å²) in [5, 5.41) is 6.48. The third kappa shape index (κ3) is 3.26. The van der Waals surface area contributed by atoms with Gasteiger partial charge in [0.2, 0.25) is 0 Å². The second kappa shape index (κ2) is 9.27. The van der Waals surface area contributed by atoms with Crippen LogP contribution in [-0.4, -0.2) is 48.8 Å². The number of rotatable bonds is 5. The number of fused-ring (bicyclic) bond motifs is 5. The topological polar surface area (TPSA) is 85.3 Å². The van der Waals surface area contributed by atoms with Crippen molar-refractivity contribution in [3.05, 3.63) is 130 Å². The molecule has 7 heteroatoms. The van der Waals surface area contributed by atoms with E-state index in [0.29, 0.717) is 33.8 Å². The minimum atomic E-state index is -1.69. The number of benzene rings is 4. The van der Waals surface area contributed by atoms with Crippen LogP contribution in [0.15, 0.2) is 102 Å². The lowest BCUT2D eigenvalue weighted by Gasteiger charge is -2.36. The lowest BCUT2D eigenvalue weighted by molar-refractivity contribution is 0.0585. The predicted molar refractivity (Wildman–Crippen MR) is 153 cm³/mol. The molecule has 1 aliphatic carbocycles. The summed E-state index contributed by atoms with van der Waals surface area (Å²) in [5.41, 5.74) is 1.59. The van der Waals surface area contributed by atoms with E-state index in [2.05, 4.69) is 0 Å². The van der Waals surface area contributed by atoms with E-state index in [-0.39, 0.29) is 17.3 Å². The number of ketones is 3. The number of methoxy groups -OCH3 is 2. The minimum absolute atomic E-state index is 0.240. The fourth-order valence-electron chi connectivity index (χ4n) is 7.05. The molecule has 0 bridgehead atoms. The van der Waals surface area contributed by atoms with Crippen molar-refractivity contribution < 1.29 is 23.9 Å². The quantitative estimate of drug-likeness (QED) is 0.244. The molecule has 1 saturated heterocycles. The van der Waals surface area contributed by atoms with E-state index in [4.69, 9.17) is 14.6 Å². The van der Waals surface area contributed by atoms with Gasteiger partial charge in [0.1, 0.15) is 11.5 Å². The molecule has 4 aromatic rings. The van der Waals surface area contributed by atoms with Gasteiger partial charge >= 0.3 is 0 Å².